The van der Waals surface area contributed by atoms with E-state index in [1.807, 2.05) is 0 Å². The highest BCUT2D eigenvalue weighted by Crippen LogP contribution is 2.45. The van der Waals surface area contributed by atoms with Gasteiger partial charge in [0.25, 0.3) is 0 Å². The van der Waals surface area contributed by atoms with E-state index >= 15 is 0 Å². The summed E-state index contributed by atoms with van der Waals surface area (Å²) in [6, 6.07) is 54.4. The molecule has 0 atom stereocenters. The van der Waals surface area contributed by atoms with Crippen molar-refractivity contribution in [3.63, 3.8) is 0 Å². The Balaban J connectivity index is 1.53. The van der Waals surface area contributed by atoms with Gasteiger partial charge in [0.1, 0.15) is 0 Å². The molecule has 0 aliphatic carbocycles. The molecule has 1 aromatic heterocycles. The van der Waals surface area contributed by atoms with Crippen LogP contribution in [-0.2, 0) is 0 Å². The van der Waals surface area contributed by atoms with Crippen molar-refractivity contribution in [1.82, 2.24) is 4.98 Å². The molecule has 0 fully saturated rings. The molecule has 0 saturated carbocycles. The lowest BCUT2D eigenvalue weighted by atomic mass is 9.85. The average molecular weight is 508 g/mol. The summed E-state index contributed by atoms with van der Waals surface area (Å²) in [5, 5.41) is 8.60. The Kier molecular flexibility index (Phi) is 5.21. The van der Waals surface area contributed by atoms with E-state index in [-0.39, 0.29) is 0 Å². The number of hydrogen-bond acceptors (Lipinski definition) is 1. The maximum absolute atomic E-state index is 5.23. The van der Waals surface area contributed by atoms with Gasteiger partial charge < -0.3 is 0 Å². The monoisotopic (exact) mass is 507 g/mol. The fourth-order valence-corrected chi connectivity index (χ4v) is 6.28. The van der Waals surface area contributed by atoms with Gasteiger partial charge in [-0.15, -0.1) is 0 Å². The van der Waals surface area contributed by atoms with Gasteiger partial charge in [0.05, 0.1) is 11.2 Å². The Hall–Kier alpha value is -5.27. The highest BCUT2D eigenvalue weighted by atomic mass is 14.7. The smallest absolute Gasteiger partial charge is 0.0788 e. The fourth-order valence-electron chi connectivity index (χ4n) is 6.28. The Morgan fingerprint density at radius 3 is 1.43 bits per heavy atom. The van der Waals surface area contributed by atoms with Crippen molar-refractivity contribution in [2.75, 3.05) is 0 Å². The van der Waals surface area contributed by atoms with E-state index < -0.39 is 0 Å². The van der Waals surface area contributed by atoms with Crippen LogP contribution in [0.1, 0.15) is 0 Å². The molecule has 8 aromatic rings. The molecule has 40 heavy (non-hydrogen) atoms. The predicted molar refractivity (Wildman–Crippen MR) is 171 cm³/mol. The summed E-state index contributed by atoms with van der Waals surface area (Å²) in [4.78, 5) is 5.23. The summed E-state index contributed by atoms with van der Waals surface area (Å²) < 4.78 is 0. The van der Waals surface area contributed by atoms with E-state index in [1.54, 1.807) is 0 Å². The van der Waals surface area contributed by atoms with Crippen molar-refractivity contribution in [2.45, 2.75) is 0 Å². The minimum absolute atomic E-state index is 1.02. The Bertz CT molecular complexity index is 2200. The standard InChI is InChI=1S/C39H25N/c1-3-13-26(14-4-1)37-31-19-8-9-20-32(31)38(27-15-5-2-6-16-27)35-25-28(23-24-33(35)37)39-34-21-10-7-17-29(34)30-18-11-12-22-36(30)40-39/h1-25H. The zero-order valence-electron chi connectivity index (χ0n) is 21.9. The number of aromatic nitrogens is 1. The van der Waals surface area contributed by atoms with Gasteiger partial charge in [0.15, 0.2) is 0 Å². The topological polar surface area (TPSA) is 12.9 Å². The van der Waals surface area contributed by atoms with E-state index in [9.17, 15) is 0 Å². The summed E-state index contributed by atoms with van der Waals surface area (Å²) in [6.45, 7) is 0. The van der Waals surface area contributed by atoms with Gasteiger partial charge in [-0.1, -0.05) is 140 Å². The summed E-state index contributed by atoms with van der Waals surface area (Å²) in [5.41, 5.74) is 8.14. The molecule has 0 unspecified atom stereocenters. The number of fused-ring (bicyclic) bond motifs is 5. The first kappa shape index (κ1) is 22.7. The third-order valence-electron chi connectivity index (χ3n) is 8.03. The predicted octanol–water partition coefficient (Wildman–Crippen LogP) is 10.7. The second-order valence-corrected chi connectivity index (χ2v) is 10.3. The third kappa shape index (κ3) is 3.52. The summed E-state index contributed by atoms with van der Waals surface area (Å²) in [7, 11) is 0. The first-order valence-corrected chi connectivity index (χ1v) is 13.7. The molecule has 0 amide bonds. The van der Waals surface area contributed by atoms with Crippen LogP contribution in [0.2, 0.25) is 0 Å². The van der Waals surface area contributed by atoms with Crippen molar-refractivity contribution in [3.05, 3.63) is 152 Å². The van der Waals surface area contributed by atoms with Gasteiger partial charge in [-0.2, -0.15) is 0 Å². The minimum Gasteiger partial charge on any atom is -0.247 e. The molecule has 0 radical (unpaired) electrons. The zero-order chi connectivity index (χ0) is 26.5. The number of nitrogens with zero attached hydrogens (tertiary/aromatic N) is 1. The lowest BCUT2D eigenvalue weighted by Gasteiger charge is -2.19. The van der Waals surface area contributed by atoms with Crippen LogP contribution in [-0.4, -0.2) is 4.98 Å². The molecule has 186 valence electrons. The largest absolute Gasteiger partial charge is 0.247 e. The van der Waals surface area contributed by atoms with Crippen LogP contribution in [0.15, 0.2) is 152 Å². The van der Waals surface area contributed by atoms with Crippen LogP contribution in [0.4, 0.5) is 0 Å². The van der Waals surface area contributed by atoms with Gasteiger partial charge in [0, 0.05) is 16.3 Å². The second-order valence-electron chi connectivity index (χ2n) is 10.3. The van der Waals surface area contributed by atoms with E-state index in [0.29, 0.717) is 0 Å². The SMILES string of the molecule is c1ccc(-c2c3ccccc3c(-c3ccccc3)c3cc(-c4nc5ccccc5c5ccccc45)ccc23)cc1. The molecule has 1 heteroatoms. The maximum Gasteiger partial charge on any atom is 0.0788 e. The van der Waals surface area contributed by atoms with Crippen molar-refractivity contribution in [3.8, 4) is 33.5 Å². The van der Waals surface area contributed by atoms with Gasteiger partial charge in [-0.05, 0) is 61.3 Å². The van der Waals surface area contributed by atoms with Crippen molar-refractivity contribution in [1.29, 1.82) is 0 Å². The Morgan fingerprint density at radius 1 is 0.300 bits per heavy atom. The normalized spacial score (nSPS) is 11.5. The first-order valence-electron chi connectivity index (χ1n) is 13.7. The van der Waals surface area contributed by atoms with Crippen molar-refractivity contribution in [2.24, 2.45) is 0 Å². The number of para-hydroxylation sites is 1. The van der Waals surface area contributed by atoms with Crippen LogP contribution in [0.25, 0.3) is 76.7 Å². The van der Waals surface area contributed by atoms with Crippen molar-refractivity contribution >= 4 is 43.2 Å². The van der Waals surface area contributed by atoms with Crippen LogP contribution in [0.3, 0.4) is 0 Å². The lowest BCUT2D eigenvalue weighted by molar-refractivity contribution is 1.43. The van der Waals surface area contributed by atoms with E-state index in [2.05, 4.69) is 152 Å². The van der Waals surface area contributed by atoms with Crippen LogP contribution < -0.4 is 0 Å². The Morgan fingerprint density at radius 2 is 0.775 bits per heavy atom. The number of hydrogen-bond donors (Lipinski definition) is 0. The summed E-state index contributed by atoms with van der Waals surface area (Å²) >= 11 is 0. The molecule has 7 aromatic carbocycles. The summed E-state index contributed by atoms with van der Waals surface area (Å²) in [5.74, 6) is 0. The van der Waals surface area contributed by atoms with Crippen LogP contribution in [0, 0.1) is 0 Å². The van der Waals surface area contributed by atoms with Gasteiger partial charge in [0.2, 0.25) is 0 Å². The number of pyridine rings is 1. The molecule has 1 nitrogen and oxygen atoms in total. The molecule has 0 bridgehead atoms. The Labute approximate surface area is 233 Å². The maximum atomic E-state index is 5.23. The molecule has 0 N–H and O–H groups in total. The van der Waals surface area contributed by atoms with Crippen molar-refractivity contribution < 1.29 is 0 Å². The first-order chi connectivity index (χ1) is 19.9. The summed E-state index contributed by atoms with van der Waals surface area (Å²) in [6.07, 6.45) is 0. The van der Waals surface area contributed by atoms with Gasteiger partial charge in [-0.3, -0.25) is 0 Å². The average Bonchev–Trinajstić information content (AvgIpc) is 3.03. The van der Waals surface area contributed by atoms with E-state index in [1.165, 1.54) is 60.0 Å². The highest BCUT2D eigenvalue weighted by Gasteiger charge is 2.18. The molecule has 0 aliphatic rings. The zero-order valence-corrected chi connectivity index (χ0v) is 21.9. The minimum atomic E-state index is 1.02. The molecular formula is C39H25N. The van der Waals surface area contributed by atoms with E-state index in [0.717, 1.165) is 16.8 Å². The quantitative estimate of drug-likeness (QED) is 0.171. The number of benzene rings is 7. The fraction of sp³-hybridized carbons (Fsp3) is 0. The van der Waals surface area contributed by atoms with Crippen LogP contribution in [0.5, 0.6) is 0 Å². The van der Waals surface area contributed by atoms with Crippen LogP contribution >= 0.6 is 0 Å². The molecular weight excluding hydrogens is 482 g/mol. The molecule has 1 heterocycles. The molecule has 0 spiro atoms. The number of rotatable bonds is 3. The molecule has 0 saturated heterocycles. The third-order valence-corrected chi connectivity index (χ3v) is 8.03. The lowest BCUT2D eigenvalue weighted by Crippen LogP contribution is -1.93. The van der Waals surface area contributed by atoms with Gasteiger partial charge >= 0.3 is 0 Å². The second kappa shape index (κ2) is 9.18. The highest BCUT2D eigenvalue weighted by molar-refractivity contribution is 6.22. The van der Waals surface area contributed by atoms with Gasteiger partial charge in [-0.25, -0.2) is 4.98 Å². The molecule has 8 rings (SSSR count). The molecule has 0 aliphatic heterocycles. The van der Waals surface area contributed by atoms with E-state index in [4.69, 9.17) is 4.98 Å².